The lowest BCUT2D eigenvalue weighted by atomic mass is 9.71. The minimum absolute atomic E-state index is 0.145. The topological polar surface area (TPSA) is 170 Å². The van der Waals surface area contributed by atoms with E-state index < -0.39 is 0 Å². The van der Waals surface area contributed by atoms with Crippen LogP contribution in [0.15, 0.2) is 77.3 Å². The van der Waals surface area contributed by atoms with Crippen molar-refractivity contribution < 1.29 is 9.31 Å². The first-order valence-electron chi connectivity index (χ1n) is 20.4. The maximum atomic E-state index is 8.81. The van der Waals surface area contributed by atoms with Gasteiger partial charge in [0.05, 0.1) is 34.4 Å². The van der Waals surface area contributed by atoms with Gasteiger partial charge in [0, 0.05) is 33.0 Å². The predicted octanol–water partition coefficient (Wildman–Crippen LogP) is 11.5. The number of hydrogen-bond donors (Lipinski definition) is 2. The minimum atomic E-state index is -0.340. The molecule has 0 bridgehead atoms. The Morgan fingerprint density at radius 1 is 0.661 bits per heavy atom. The summed E-state index contributed by atoms with van der Waals surface area (Å²) in [6, 6.07) is 24.1. The van der Waals surface area contributed by atoms with Gasteiger partial charge in [-0.2, -0.15) is 10.5 Å². The lowest BCUT2D eigenvalue weighted by Crippen LogP contribution is -2.41. The molecule has 1 saturated heterocycles. The van der Waals surface area contributed by atoms with E-state index >= 15 is 0 Å². The molecule has 1 aliphatic rings. The lowest BCUT2D eigenvalue weighted by molar-refractivity contribution is 0.00578. The first-order chi connectivity index (χ1) is 29.5. The fraction of sp³-hybridized carbons (Fsp3) is 0.292. The average Bonchev–Trinajstić information content (AvgIpc) is 3.46. The molecular weight excluding hydrogens is 882 g/mol. The fourth-order valence-corrected chi connectivity index (χ4v) is 8.08. The molecule has 3 heterocycles. The first-order valence-corrected chi connectivity index (χ1v) is 22.0. The number of benzene rings is 4. The molecule has 7 rings (SSSR count). The third-order valence-electron chi connectivity index (χ3n) is 11.1. The molecule has 318 valence electrons. The Bertz CT molecular complexity index is 2700. The SMILES string of the molecule is CCc1cc(/C=C/C#N)cc(CC)c1-c1cccc2c(N)nc(Cl)nc12.CCc1cc(/C=C/C#N)cc(CC)c1B1OC(C)(C)C(C)(C)O1.Nc1nc(Cl)nc2c(Br)cccc12. The molecule has 1 aliphatic heterocycles. The van der Waals surface area contributed by atoms with Crippen molar-refractivity contribution in [3.05, 3.63) is 121 Å². The van der Waals surface area contributed by atoms with E-state index in [2.05, 4.69) is 122 Å². The van der Waals surface area contributed by atoms with E-state index in [0.717, 1.165) is 79.7 Å². The highest BCUT2D eigenvalue weighted by molar-refractivity contribution is 9.10. The van der Waals surface area contributed by atoms with Crippen LogP contribution in [0.4, 0.5) is 11.6 Å². The molecule has 14 heteroatoms. The number of para-hydroxylation sites is 2. The third-order valence-corrected chi connectivity index (χ3v) is 12.1. The molecule has 4 aromatic carbocycles. The summed E-state index contributed by atoms with van der Waals surface area (Å²) in [5.74, 6) is 0.780. The Kier molecular flexibility index (Phi) is 15.9. The molecule has 0 saturated carbocycles. The summed E-state index contributed by atoms with van der Waals surface area (Å²) in [6.45, 7) is 16.8. The van der Waals surface area contributed by atoms with Crippen molar-refractivity contribution in [2.75, 3.05) is 11.5 Å². The molecule has 4 N–H and O–H groups in total. The van der Waals surface area contributed by atoms with Crippen molar-refractivity contribution in [3.63, 3.8) is 0 Å². The summed E-state index contributed by atoms with van der Waals surface area (Å²) in [5, 5.41) is 19.5. The van der Waals surface area contributed by atoms with Gasteiger partial charge in [0.2, 0.25) is 10.6 Å². The van der Waals surface area contributed by atoms with Crippen molar-refractivity contribution >= 4 is 97.3 Å². The van der Waals surface area contributed by atoms with E-state index in [1.54, 1.807) is 0 Å². The zero-order valence-electron chi connectivity index (χ0n) is 36.3. The quantitative estimate of drug-likeness (QED) is 0.0851. The van der Waals surface area contributed by atoms with E-state index in [4.69, 9.17) is 54.5 Å². The molecule has 0 spiro atoms. The van der Waals surface area contributed by atoms with Gasteiger partial charge in [-0.05, 0) is 167 Å². The van der Waals surface area contributed by atoms with Crippen LogP contribution < -0.4 is 16.9 Å². The van der Waals surface area contributed by atoms with Crippen LogP contribution in [0, 0.1) is 22.7 Å². The zero-order chi connectivity index (χ0) is 45.4. The van der Waals surface area contributed by atoms with Crippen LogP contribution in [-0.4, -0.2) is 38.3 Å². The normalized spacial score (nSPS) is 14.0. The summed E-state index contributed by atoms with van der Waals surface area (Å²) in [4.78, 5) is 16.4. The van der Waals surface area contributed by atoms with Crippen molar-refractivity contribution in [2.24, 2.45) is 0 Å². The van der Waals surface area contributed by atoms with E-state index in [1.807, 2.05) is 54.6 Å². The molecule has 0 radical (unpaired) electrons. The summed E-state index contributed by atoms with van der Waals surface area (Å²) < 4.78 is 13.4. The van der Waals surface area contributed by atoms with E-state index in [-0.39, 0.29) is 28.9 Å². The second kappa shape index (κ2) is 20.7. The van der Waals surface area contributed by atoms with Crippen molar-refractivity contribution in [2.45, 2.75) is 92.3 Å². The van der Waals surface area contributed by atoms with Crippen molar-refractivity contribution in [3.8, 4) is 23.3 Å². The number of nitrogen functional groups attached to an aromatic ring is 2. The fourth-order valence-electron chi connectivity index (χ4n) is 7.27. The highest BCUT2D eigenvalue weighted by Gasteiger charge is 2.52. The van der Waals surface area contributed by atoms with Crippen LogP contribution >= 0.6 is 39.1 Å². The number of aromatic nitrogens is 4. The van der Waals surface area contributed by atoms with Gasteiger partial charge in [-0.15, -0.1) is 0 Å². The van der Waals surface area contributed by atoms with Gasteiger partial charge < -0.3 is 20.8 Å². The molecule has 0 aliphatic carbocycles. The van der Waals surface area contributed by atoms with Gasteiger partial charge in [0.25, 0.3) is 0 Å². The summed E-state index contributed by atoms with van der Waals surface area (Å²) >= 11 is 15.1. The van der Waals surface area contributed by atoms with E-state index in [9.17, 15) is 0 Å². The largest absolute Gasteiger partial charge is 0.495 e. The second-order valence-electron chi connectivity index (χ2n) is 15.5. The highest BCUT2D eigenvalue weighted by Crippen LogP contribution is 2.38. The summed E-state index contributed by atoms with van der Waals surface area (Å²) in [6.07, 6.45) is 10.2. The number of fused-ring (bicyclic) bond motifs is 2. The van der Waals surface area contributed by atoms with Crippen LogP contribution in [-0.2, 0) is 35.0 Å². The number of allylic oxidation sites excluding steroid dienone is 2. The van der Waals surface area contributed by atoms with Crippen LogP contribution in [0.3, 0.4) is 0 Å². The Morgan fingerprint density at radius 2 is 1.08 bits per heavy atom. The molecule has 62 heavy (non-hydrogen) atoms. The van der Waals surface area contributed by atoms with Gasteiger partial charge in [-0.25, -0.2) is 19.9 Å². The van der Waals surface area contributed by atoms with Crippen LogP contribution in [0.5, 0.6) is 0 Å². The smallest absolute Gasteiger partial charge is 0.399 e. The molecule has 0 unspecified atom stereocenters. The number of halogens is 3. The maximum Gasteiger partial charge on any atom is 0.495 e. The van der Waals surface area contributed by atoms with Crippen LogP contribution in [0.1, 0.15) is 88.8 Å². The van der Waals surface area contributed by atoms with E-state index in [1.165, 1.54) is 34.4 Å². The number of anilines is 2. The zero-order valence-corrected chi connectivity index (χ0v) is 39.4. The van der Waals surface area contributed by atoms with Crippen molar-refractivity contribution in [1.82, 2.24) is 19.9 Å². The van der Waals surface area contributed by atoms with Gasteiger partial charge in [0.15, 0.2) is 0 Å². The summed E-state index contributed by atoms with van der Waals surface area (Å²) in [5.41, 5.74) is 22.8. The molecular formula is C48H50BBrCl2N8O2. The molecule has 2 aromatic heterocycles. The van der Waals surface area contributed by atoms with Gasteiger partial charge in [0.1, 0.15) is 11.6 Å². The monoisotopic (exact) mass is 930 g/mol. The number of nitrogens with zero attached hydrogens (tertiary/aromatic N) is 6. The van der Waals surface area contributed by atoms with E-state index in [0.29, 0.717) is 11.6 Å². The van der Waals surface area contributed by atoms with Gasteiger partial charge in [-0.3, -0.25) is 0 Å². The standard InChI is InChI=1S/C21H19ClN4.C19H26BNO2.C8H5BrClN3/c1-3-14-11-13(7-6-10-23)12-15(4-2)18(14)16-8-5-9-17-19(16)25-21(22)26-20(17)24;1-7-15-12-14(10-9-11-21)13-16(8-2)17(15)20-22-18(3,4)19(5,6)23-20;9-5-3-1-2-4-6(5)12-8(10)13-7(4)11/h5-9,11-12H,3-4H2,1-2H3,(H2,24,25,26);9-10,12-13H,7-8H2,1-6H3;1-3H,(H2,11,12,13)/b7-6+;10-9+;. The second-order valence-corrected chi connectivity index (χ2v) is 17.0. The lowest BCUT2D eigenvalue weighted by Gasteiger charge is -2.32. The predicted molar refractivity (Wildman–Crippen MR) is 260 cm³/mol. The van der Waals surface area contributed by atoms with Crippen LogP contribution in [0.2, 0.25) is 10.6 Å². The molecule has 0 atom stereocenters. The molecule has 0 amide bonds. The Morgan fingerprint density at radius 3 is 1.53 bits per heavy atom. The number of nitriles is 2. The molecule has 10 nitrogen and oxygen atoms in total. The number of rotatable bonds is 8. The first kappa shape index (κ1) is 47.7. The Balaban J connectivity index is 0.000000185. The third kappa shape index (κ3) is 10.6. The molecule has 6 aromatic rings. The summed E-state index contributed by atoms with van der Waals surface area (Å²) in [7, 11) is -0.334. The average molecular weight is 933 g/mol. The number of hydrogen-bond acceptors (Lipinski definition) is 10. The highest BCUT2D eigenvalue weighted by atomic mass is 79.9. The van der Waals surface area contributed by atoms with Gasteiger partial charge >= 0.3 is 7.12 Å². The number of aryl methyl sites for hydroxylation is 4. The number of nitrogens with two attached hydrogens (primary N) is 2. The van der Waals surface area contributed by atoms with Crippen LogP contribution in [0.25, 0.3) is 45.1 Å². The Hall–Kier alpha value is -5.34. The molecule has 1 fully saturated rings. The maximum absolute atomic E-state index is 8.81. The Labute approximate surface area is 383 Å². The minimum Gasteiger partial charge on any atom is -0.399 e. The van der Waals surface area contributed by atoms with Gasteiger partial charge in [-0.1, -0.05) is 70.2 Å². The van der Waals surface area contributed by atoms with Crippen molar-refractivity contribution in [1.29, 1.82) is 10.5 Å².